The normalized spacial score (nSPS) is 13.8. The van der Waals surface area contributed by atoms with Crippen LogP contribution in [0.15, 0.2) is 95.6 Å². The van der Waals surface area contributed by atoms with Gasteiger partial charge >= 0.3 is 0 Å². The van der Waals surface area contributed by atoms with E-state index in [1.165, 1.54) is 11.3 Å². The third kappa shape index (κ3) is 5.36. The number of carbonyl (C=O) groups is 2. The molecule has 0 radical (unpaired) electrons. The van der Waals surface area contributed by atoms with Gasteiger partial charge in [-0.15, -0.1) is 11.3 Å². The number of aromatic nitrogens is 1. The van der Waals surface area contributed by atoms with E-state index in [-0.39, 0.29) is 17.9 Å². The number of nitrogens with zero attached hydrogens (tertiary/aromatic N) is 2. The Bertz CT molecular complexity index is 1610. The maximum atomic E-state index is 14.3. The van der Waals surface area contributed by atoms with Crippen LogP contribution in [0.5, 0.6) is 0 Å². The second kappa shape index (κ2) is 10.9. The average Bonchev–Trinajstić information content (AvgIpc) is 3.55. The van der Waals surface area contributed by atoms with Crippen molar-refractivity contribution in [2.75, 3.05) is 6.54 Å². The van der Waals surface area contributed by atoms with Crippen LogP contribution in [-0.4, -0.2) is 34.3 Å². The van der Waals surface area contributed by atoms with Crippen LogP contribution in [-0.2, 0) is 6.54 Å². The van der Waals surface area contributed by atoms with Gasteiger partial charge in [-0.25, -0.2) is 4.98 Å². The first-order valence-electron chi connectivity index (χ1n) is 13.2. The van der Waals surface area contributed by atoms with Crippen LogP contribution in [0, 0.1) is 12.8 Å². The Kier molecular flexibility index (Phi) is 6.99. The lowest BCUT2D eigenvalue weighted by molar-refractivity contribution is 0.0618. The number of furan rings is 1. The quantitative estimate of drug-likeness (QED) is 0.227. The van der Waals surface area contributed by atoms with Crippen LogP contribution in [0.2, 0.25) is 0 Å². The van der Waals surface area contributed by atoms with Crippen LogP contribution in [0.25, 0.3) is 21.4 Å². The van der Waals surface area contributed by atoms with Crippen molar-refractivity contribution in [3.8, 4) is 10.4 Å². The zero-order valence-electron chi connectivity index (χ0n) is 21.7. The Morgan fingerprint density at radius 1 is 1.00 bits per heavy atom. The average molecular weight is 536 g/mol. The van der Waals surface area contributed by atoms with Gasteiger partial charge in [0.25, 0.3) is 11.8 Å². The molecule has 6 rings (SSSR count). The second-order valence-corrected chi connectivity index (χ2v) is 11.2. The summed E-state index contributed by atoms with van der Waals surface area (Å²) in [5, 5.41) is 4.76. The topological polar surface area (TPSA) is 75.4 Å². The minimum absolute atomic E-state index is 0.106. The van der Waals surface area contributed by atoms with E-state index >= 15 is 0 Å². The highest BCUT2D eigenvalue weighted by Crippen LogP contribution is 2.38. The fraction of sp³-hybridized carbons (Fsp3) is 0.219. The summed E-state index contributed by atoms with van der Waals surface area (Å²) >= 11 is 1.54. The highest BCUT2D eigenvalue weighted by atomic mass is 32.1. The largest absolute Gasteiger partial charge is 0.464 e. The molecule has 196 valence electrons. The summed E-state index contributed by atoms with van der Waals surface area (Å²) < 4.78 is 5.48. The molecule has 7 heteroatoms. The van der Waals surface area contributed by atoms with Gasteiger partial charge in [0.2, 0.25) is 0 Å². The number of hydrogen-bond acceptors (Lipinski definition) is 5. The van der Waals surface area contributed by atoms with Crippen molar-refractivity contribution in [1.29, 1.82) is 0 Å². The molecule has 39 heavy (non-hydrogen) atoms. The number of carbonyl (C=O) groups excluding carboxylic acids is 2. The second-order valence-electron chi connectivity index (χ2n) is 9.95. The number of amides is 2. The lowest BCUT2D eigenvalue weighted by Crippen LogP contribution is -2.48. The van der Waals surface area contributed by atoms with E-state index < -0.39 is 0 Å². The first-order chi connectivity index (χ1) is 19.1. The lowest BCUT2D eigenvalue weighted by atomic mass is 10.1. The third-order valence-electron chi connectivity index (χ3n) is 7.21. The van der Waals surface area contributed by atoms with Gasteiger partial charge in [-0.3, -0.25) is 9.59 Å². The third-order valence-corrected chi connectivity index (χ3v) is 8.23. The van der Waals surface area contributed by atoms with E-state index in [0.717, 1.165) is 39.2 Å². The molecule has 0 bridgehead atoms. The molecule has 1 aliphatic rings. The molecule has 0 saturated heterocycles. The van der Waals surface area contributed by atoms with Gasteiger partial charge in [0.1, 0.15) is 11.3 Å². The number of benzene rings is 3. The first kappa shape index (κ1) is 25.1. The van der Waals surface area contributed by atoms with Crippen LogP contribution < -0.4 is 5.32 Å². The van der Waals surface area contributed by atoms with E-state index in [0.29, 0.717) is 35.8 Å². The molecule has 3 aromatic carbocycles. The molecule has 5 aromatic rings. The van der Waals surface area contributed by atoms with E-state index in [9.17, 15) is 9.59 Å². The molecule has 1 N–H and O–H groups in total. The Balaban J connectivity index is 1.32. The Morgan fingerprint density at radius 2 is 1.74 bits per heavy atom. The van der Waals surface area contributed by atoms with Gasteiger partial charge < -0.3 is 14.6 Å². The molecular weight excluding hydrogens is 506 g/mol. The van der Waals surface area contributed by atoms with Crippen molar-refractivity contribution in [1.82, 2.24) is 15.2 Å². The molecule has 2 heterocycles. The Labute approximate surface area is 231 Å². The Hall–Kier alpha value is -4.23. The molecule has 0 aliphatic heterocycles. The van der Waals surface area contributed by atoms with Crippen LogP contribution >= 0.6 is 11.3 Å². The molecule has 1 atom stereocenters. The number of nitrogens with one attached hydrogen (secondary N) is 1. The van der Waals surface area contributed by atoms with Gasteiger partial charge in [0, 0.05) is 18.5 Å². The number of aryl methyl sites for hydroxylation is 1. The highest BCUT2D eigenvalue weighted by Gasteiger charge is 2.39. The number of hydrogen-bond donors (Lipinski definition) is 1. The highest BCUT2D eigenvalue weighted by molar-refractivity contribution is 7.15. The summed E-state index contributed by atoms with van der Waals surface area (Å²) in [6, 6.07) is 27.1. The molecule has 1 aliphatic carbocycles. The van der Waals surface area contributed by atoms with Gasteiger partial charge in [-0.05, 0) is 55.0 Å². The molecule has 1 unspecified atom stereocenters. The summed E-state index contributed by atoms with van der Waals surface area (Å²) in [6.07, 6.45) is 3.64. The van der Waals surface area contributed by atoms with Gasteiger partial charge in [-0.1, -0.05) is 66.7 Å². The lowest BCUT2D eigenvalue weighted by Gasteiger charge is -2.32. The number of thiazole rings is 1. The summed E-state index contributed by atoms with van der Waals surface area (Å²) in [7, 11) is 0. The maximum Gasteiger partial charge on any atom is 0.274 e. The van der Waals surface area contributed by atoms with Gasteiger partial charge in [0.05, 0.1) is 27.8 Å². The van der Waals surface area contributed by atoms with Crippen molar-refractivity contribution >= 4 is 34.1 Å². The standard InChI is InChI=1S/C32H29N3O3S/c1-21-34-29(30(39-21)24-11-6-3-7-12-24)32(37)35(20-22-9-4-2-5-10-22)27(23-15-16-23)19-33-31(36)26-13-8-14-28-25(26)17-18-38-28/h2-14,17-18,23,27H,15-16,19-20H2,1H3,(H,33,36). The van der Waals surface area contributed by atoms with E-state index in [4.69, 9.17) is 9.40 Å². The molecule has 1 fully saturated rings. The fourth-order valence-corrected chi connectivity index (χ4v) is 6.03. The summed E-state index contributed by atoms with van der Waals surface area (Å²) in [4.78, 5) is 35.1. The predicted molar refractivity (Wildman–Crippen MR) is 154 cm³/mol. The summed E-state index contributed by atoms with van der Waals surface area (Å²) in [5.74, 6) is 0.0435. The predicted octanol–water partition coefficient (Wildman–Crippen LogP) is 6.72. The van der Waals surface area contributed by atoms with Gasteiger partial charge in [0.15, 0.2) is 0 Å². The Morgan fingerprint density at radius 3 is 2.49 bits per heavy atom. The summed E-state index contributed by atoms with van der Waals surface area (Å²) in [6.45, 7) is 2.74. The molecule has 2 aromatic heterocycles. The van der Waals surface area contributed by atoms with Crippen LogP contribution in [0.4, 0.5) is 0 Å². The van der Waals surface area contributed by atoms with E-state index in [1.807, 2.05) is 90.7 Å². The van der Waals surface area contributed by atoms with Crippen molar-refractivity contribution < 1.29 is 14.0 Å². The van der Waals surface area contributed by atoms with Crippen molar-refractivity contribution in [2.24, 2.45) is 5.92 Å². The molecule has 0 spiro atoms. The van der Waals surface area contributed by atoms with Crippen molar-refractivity contribution in [3.63, 3.8) is 0 Å². The van der Waals surface area contributed by atoms with E-state index in [2.05, 4.69) is 5.32 Å². The monoisotopic (exact) mass is 535 g/mol. The molecule has 2 amide bonds. The molecule has 6 nitrogen and oxygen atoms in total. The number of rotatable bonds is 9. The van der Waals surface area contributed by atoms with Gasteiger partial charge in [-0.2, -0.15) is 0 Å². The maximum absolute atomic E-state index is 14.3. The van der Waals surface area contributed by atoms with Crippen molar-refractivity contribution in [3.05, 3.63) is 113 Å². The fourth-order valence-electron chi connectivity index (χ4n) is 5.11. The molecule has 1 saturated carbocycles. The van der Waals surface area contributed by atoms with Crippen molar-refractivity contribution in [2.45, 2.75) is 32.4 Å². The first-order valence-corrected chi connectivity index (χ1v) is 14.0. The minimum Gasteiger partial charge on any atom is -0.464 e. The van der Waals surface area contributed by atoms with Crippen LogP contribution in [0.3, 0.4) is 0 Å². The summed E-state index contributed by atoms with van der Waals surface area (Å²) in [5.41, 5.74) is 3.74. The number of fused-ring (bicyclic) bond motifs is 1. The molecular formula is C32H29N3O3S. The van der Waals surface area contributed by atoms with Crippen LogP contribution in [0.1, 0.15) is 44.3 Å². The smallest absolute Gasteiger partial charge is 0.274 e. The zero-order valence-corrected chi connectivity index (χ0v) is 22.5. The zero-order chi connectivity index (χ0) is 26.8. The SMILES string of the molecule is Cc1nc(C(=O)N(Cc2ccccc2)C(CNC(=O)c2cccc3occc23)C2CC2)c(-c2ccccc2)s1. The van der Waals surface area contributed by atoms with E-state index in [1.54, 1.807) is 12.3 Å². The minimum atomic E-state index is -0.172.